The Balaban J connectivity index is 1.47. The minimum Gasteiger partial charge on any atom is -0.449 e. The van der Waals surface area contributed by atoms with Gasteiger partial charge in [-0.1, -0.05) is 37.6 Å². The number of hydrogen-bond acceptors (Lipinski definition) is 9. The number of hydrogen-bond donors (Lipinski definition) is 1. The van der Waals surface area contributed by atoms with E-state index >= 15 is 0 Å². The van der Waals surface area contributed by atoms with E-state index in [1.165, 1.54) is 0 Å². The number of unbranched alkanes of at least 4 members (excludes halogenated alkanes) is 1. The molecule has 0 spiro atoms. The lowest BCUT2D eigenvalue weighted by Crippen LogP contribution is -2.35. The maximum Gasteiger partial charge on any atom is 0.414 e. The third-order valence-corrected chi connectivity index (χ3v) is 7.43. The van der Waals surface area contributed by atoms with Crippen LogP contribution in [-0.4, -0.2) is 81.4 Å². The number of pyridine rings is 1. The Morgan fingerprint density at radius 2 is 1.63 bits per heavy atom. The van der Waals surface area contributed by atoms with Crippen molar-refractivity contribution in [1.82, 2.24) is 9.97 Å². The minimum absolute atomic E-state index is 0.0200. The van der Waals surface area contributed by atoms with E-state index in [0.29, 0.717) is 33.0 Å². The quantitative estimate of drug-likeness (QED) is 0.175. The summed E-state index contributed by atoms with van der Waals surface area (Å²) in [5, 5.41) is 9.71. The highest BCUT2D eigenvalue weighted by Crippen LogP contribution is 2.34. The van der Waals surface area contributed by atoms with Crippen molar-refractivity contribution in [3.63, 3.8) is 0 Å². The molecule has 218 valence electrons. The summed E-state index contributed by atoms with van der Waals surface area (Å²) < 4.78 is 17.4. The smallest absolute Gasteiger partial charge is 0.414 e. The lowest BCUT2D eigenvalue weighted by atomic mass is 10.1. The van der Waals surface area contributed by atoms with Crippen molar-refractivity contribution in [2.75, 3.05) is 70.1 Å². The largest absolute Gasteiger partial charge is 0.449 e. The molecule has 2 aromatic carbocycles. The lowest BCUT2D eigenvalue weighted by Gasteiger charge is -2.22. The Hall–Kier alpha value is -3.57. The summed E-state index contributed by atoms with van der Waals surface area (Å²) in [6.07, 6.45) is 3.25. The molecule has 0 atom stereocenters. The van der Waals surface area contributed by atoms with Gasteiger partial charge < -0.3 is 24.2 Å². The second kappa shape index (κ2) is 15.4. The van der Waals surface area contributed by atoms with Gasteiger partial charge >= 0.3 is 6.09 Å². The predicted octanol–water partition coefficient (Wildman–Crippen LogP) is 5.86. The van der Waals surface area contributed by atoms with Crippen LogP contribution in [0, 0.1) is 0 Å². The van der Waals surface area contributed by atoms with E-state index in [4.69, 9.17) is 24.3 Å². The molecule has 0 aliphatic rings. The number of aliphatic hydroxyl groups excluding tert-OH is 1. The summed E-state index contributed by atoms with van der Waals surface area (Å²) in [5.41, 5.74) is 4.79. The van der Waals surface area contributed by atoms with Crippen molar-refractivity contribution in [1.29, 1.82) is 0 Å². The average Bonchev–Trinajstić information content (AvgIpc) is 3.42. The zero-order valence-corrected chi connectivity index (χ0v) is 24.7. The maximum absolute atomic E-state index is 13.0. The summed E-state index contributed by atoms with van der Waals surface area (Å²) in [7, 11) is 3.95. The molecular formula is C31H38N4O5S. The fraction of sp³-hybridized carbons (Fsp3) is 0.387. The van der Waals surface area contributed by atoms with Gasteiger partial charge in [-0.15, -0.1) is 11.3 Å². The van der Waals surface area contributed by atoms with Gasteiger partial charge in [0.2, 0.25) is 0 Å². The Morgan fingerprint density at radius 3 is 2.32 bits per heavy atom. The molecule has 0 aliphatic carbocycles. The van der Waals surface area contributed by atoms with Gasteiger partial charge in [0.15, 0.2) is 0 Å². The van der Waals surface area contributed by atoms with Crippen LogP contribution < -0.4 is 9.80 Å². The first-order valence-electron chi connectivity index (χ1n) is 13.9. The number of fused-ring (bicyclic) bond motifs is 1. The molecule has 0 aliphatic heterocycles. The Bertz CT molecular complexity index is 1380. The van der Waals surface area contributed by atoms with Crippen LogP contribution in [0.4, 0.5) is 16.3 Å². The Labute approximate surface area is 245 Å². The molecule has 1 amide bonds. The average molecular weight is 579 g/mol. The van der Waals surface area contributed by atoms with Gasteiger partial charge in [-0.05, 0) is 42.3 Å². The highest BCUT2D eigenvalue weighted by atomic mass is 32.1. The second-order valence-electron chi connectivity index (χ2n) is 9.62. The molecular weight excluding hydrogens is 540 g/mol. The number of nitrogens with zero attached hydrogens (tertiary/aromatic N) is 4. The molecule has 10 heteroatoms. The molecule has 0 bridgehead atoms. The normalized spacial score (nSPS) is 11.1. The number of ether oxygens (including phenoxy) is 3. The van der Waals surface area contributed by atoms with Gasteiger partial charge in [0, 0.05) is 37.1 Å². The number of anilines is 2. The number of carbonyl (C=O) groups is 1. The number of aromatic nitrogens is 2. The van der Waals surface area contributed by atoms with Gasteiger partial charge in [0.05, 0.1) is 56.4 Å². The standard InChI is InChI=1S/C31H38N4O5S/c1-4-5-16-40-31(37)35(14-17-38-19-20-39-18-15-36)26-11-12-27-28(21-26)41-30(33-27)24-8-6-23(7-9-24)25-10-13-29(32-22-25)34(2)3/h6-13,21-22,36H,4-5,14-20H2,1-3H3. The Morgan fingerprint density at radius 1 is 0.902 bits per heavy atom. The predicted molar refractivity (Wildman–Crippen MR) is 165 cm³/mol. The van der Waals surface area contributed by atoms with Crippen LogP contribution in [0.15, 0.2) is 60.8 Å². The molecule has 41 heavy (non-hydrogen) atoms. The molecule has 0 unspecified atom stereocenters. The zero-order valence-electron chi connectivity index (χ0n) is 23.9. The first-order chi connectivity index (χ1) is 20.0. The molecule has 9 nitrogen and oxygen atoms in total. The zero-order chi connectivity index (χ0) is 29.0. The fourth-order valence-electron chi connectivity index (χ4n) is 4.08. The molecule has 2 heterocycles. The van der Waals surface area contributed by atoms with Crippen molar-refractivity contribution in [3.05, 3.63) is 60.8 Å². The molecule has 2 aromatic heterocycles. The van der Waals surface area contributed by atoms with E-state index in [9.17, 15) is 4.79 Å². The molecule has 0 saturated carbocycles. The highest BCUT2D eigenvalue weighted by molar-refractivity contribution is 7.21. The van der Waals surface area contributed by atoms with Gasteiger partial charge in [0.1, 0.15) is 10.8 Å². The molecule has 0 fully saturated rings. The van der Waals surface area contributed by atoms with Crippen LogP contribution in [0.1, 0.15) is 19.8 Å². The number of benzene rings is 2. The second-order valence-corrected chi connectivity index (χ2v) is 10.6. The first kappa shape index (κ1) is 30.4. The summed E-state index contributed by atoms with van der Waals surface area (Å²) >= 11 is 1.59. The van der Waals surface area contributed by atoms with Crippen LogP contribution in [0.5, 0.6) is 0 Å². The van der Waals surface area contributed by atoms with Gasteiger partial charge in [0.25, 0.3) is 0 Å². The van der Waals surface area contributed by atoms with Crippen molar-refractivity contribution >= 4 is 39.2 Å². The van der Waals surface area contributed by atoms with Crippen LogP contribution in [-0.2, 0) is 14.2 Å². The summed E-state index contributed by atoms with van der Waals surface area (Å²) in [6.45, 7) is 4.13. The number of aliphatic hydroxyl groups is 1. The number of rotatable bonds is 15. The SMILES string of the molecule is CCCCOC(=O)N(CCOCCOCCO)c1ccc2nc(-c3ccc(-c4ccc(N(C)C)nc4)cc3)sc2c1. The van der Waals surface area contributed by atoms with E-state index in [0.717, 1.165) is 56.3 Å². The monoisotopic (exact) mass is 578 g/mol. The number of carbonyl (C=O) groups excluding carboxylic acids is 1. The van der Waals surface area contributed by atoms with Gasteiger partial charge in [-0.25, -0.2) is 14.8 Å². The van der Waals surface area contributed by atoms with E-state index < -0.39 is 6.09 Å². The van der Waals surface area contributed by atoms with E-state index in [1.54, 1.807) is 16.2 Å². The number of amides is 1. The summed E-state index contributed by atoms with van der Waals surface area (Å²) in [6, 6.07) is 18.2. The molecule has 4 rings (SSSR count). The highest BCUT2D eigenvalue weighted by Gasteiger charge is 2.19. The van der Waals surface area contributed by atoms with E-state index in [2.05, 4.69) is 42.2 Å². The molecule has 1 N–H and O–H groups in total. The third kappa shape index (κ3) is 8.46. The third-order valence-electron chi connectivity index (χ3n) is 6.37. The molecule has 0 radical (unpaired) electrons. The van der Waals surface area contributed by atoms with Gasteiger partial charge in [-0.2, -0.15) is 0 Å². The van der Waals surface area contributed by atoms with Crippen LogP contribution in [0.25, 0.3) is 31.9 Å². The fourth-order valence-corrected chi connectivity index (χ4v) is 5.09. The van der Waals surface area contributed by atoms with Crippen molar-refractivity contribution in [3.8, 4) is 21.7 Å². The van der Waals surface area contributed by atoms with Crippen LogP contribution >= 0.6 is 11.3 Å². The molecule has 0 saturated heterocycles. The molecule has 4 aromatic rings. The van der Waals surface area contributed by atoms with E-state index in [-0.39, 0.29) is 13.2 Å². The summed E-state index contributed by atoms with van der Waals surface area (Å²) in [5.74, 6) is 0.920. The minimum atomic E-state index is -0.397. The van der Waals surface area contributed by atoms with Crippen molar-refractivity contribution in [2.24, 2.45) is 0 Å². The van der Waals surface area contributed by atoms with Crippen LogP contribution in [0.3, 0.4) is 0 Å². The topological polar surface area (TPSA) is 97.2 Å². The maximum atomic E-state index is 13.0. The van der Waals surface area contributed by atoms with Gasteiger partial charge in [-0.3, -0.25) is 4.90 Å². The summed E-state index contributed by atoms with van der Waals surface area (Å²) in [4.78, 5) is 25.9. The lowest BCUT2D eigenvalue weighted by molar-refractivity contribution is 0.0349. The van der Waals surface area contributed by atoms with Crippen LogP contribution in [0.2, 0.25) is 0 Å². The van der Waals surface area contributed by atoms with Crippen molar-refractivity contribution < 1.29 is 24.1 Å². The van der Waals surface area contributed by atoms with Crippen molar-refractivity contribution in [2.45, 2.75) is 19.8 Å². The number of thiazole rings is 1. The Kier molecular flexibility index (Phi) is 11.4. The van der Waals surface area contributed by atoms with E-state index in [1.807, 2.05) is 49.5 Å². The first-order valence-corrected chi connectivity index (χ1v) is 14.7.